The van der Waals surface area contributed by atoms with Crippen LogP contribution in [-0.4, -0.2) is 12.6 Å². The molecule has 0 aliphatic heterocycles. The van der Waals surface area contributed by atoms with E-state index in [2.05, 4.69) is 44.3 Å². The van der Waals surface area contributed by atoms with Crippen molar-refractivity contribution in [3.05, 3.63) is 29.8 Å². The van der Waals surface area contributed by atoms with E-state index >= 15 is 0 Å². The molecule has 0 saturated heterocycles. The minimum absolute atomic E-state index is 0.280. The zero-order valence-corrected chi connectivity index (χ0v) is 12.9. The van der Waals surface area contributed by atoms with Crippen LogP contribution >= 0.6 is 0 Å². The molecule has 0 aromatic heterocycles. The molecule has 1 rings (SSSR count). The van der Waals surface area contributed by atoms with Gasteiger partial charge < -0.3 is 10.1 Å². The molecule has 110 valence electrons. The summed E-state index contributed by atoms with van der Waals surface area (Å²) in [6.07, 6.45) is 2.62. The molecule has 1 atom stereocenters. The molecule has 1 unspecified atom stereocenters. The van der Waals surface area contributed by atoms with E-state index in [4.69, 9.17) is 10.00 Å². The molecule has 0 amide bonds. The zero-order valence-electron chi connectivity index (χ0n) is 12.9. The molecule has 20 heavy (non-hydrogen) atoms. The van der Waals surface area contributed by atoms with Crippen molar-refractivity contribution in [2.24, 2.45) is 5.92 Å². The Kier molecular flexibility index (Phi) is 7.75. The van der Waals surface area contributed by atoms with Gasteiger partial charge in [-0.3, -0.25) is 0 Å². The molecule has 0 spiro atoms. The molecular weight excluding hydrogens is 248 g/mol. The summed E-state index contributed by atoms with van der Waals surface area (Å²) in [6.45, 7) is 8.06. The summed E-state index contributed by atoms with van der Waals surface area (Å²) in [4.78, 5) is 0. The fourth-order valence-corrected chi connectivity index (χ4v) is 1.85. The Hall–Kier alpha value is -1.53. The van der Waals surface area contributed by atoms with Gasteiger partial charge in [0.2, 0.25) is 0 Å². The van der Waals surface area contributed by atoms with E-state index in [1.807, 2.05) is 12.1 Å². The fraction of sp³-hybridized carbons (Fsp3) is 0.588. The average molecular weight is 274 g/mol. The molecule has 1 aromatic rings. The summed E-state index contributed by atoms with van der Waals surface area (Å²) < 4.78 is 5.69. The molecule has 1 N–H and O–H groups in total. The first-order valence-corrected chi connectivity index (χ1v) is 7.47. The van der Waals surface area contributed by atoms with Crippen LogP contribution in [0.4, 0.5) is 0 Å². The van der Waals surface area contributed by atoms with Crippen LogP contribution in [0.3, 0.4) is 0 Å². The van der Waals surface area contributed by atoms with E-state index in [0.717, 1.165) is 31.7 Å². The van der Waals surface area contributed by atoms with E-state index in [9.17, 15) is 0 Å². The quantitative estimate of drug-likeness (QED) is 0.743. The van der Waals surface area contributed by atoms with Crippen LogP contribution in [0.1, 0.15) is 45.6 Å². The van der Waals surface area contributed by atoms with Gasteiger partial charge in [-0.25, -0.2) is 0 Å². The maximum absolute atomic E-state index is 8.72. The molecule has 0 fully saturated rings. The Bertz CT molecular complexity index is 406. The second-order valence-corrected chi connectivity index (χ2v) is 5.52. The third-order valence-corrected chi connectivity index (χ3v) is 3.31. The predicted octanol–water partition coefficient (Wildman–Crippen LogP) is 3.89. The fourth-order valence-electron chi connectivity index (χ4n) is 1.85. The summed E-state index contributed by atoms with van der Waals surface area (Å²) in [6, 6.07) is 10.7. The van der Waals surface area contributed by atoms with E-state index < -0.39 is 0 Å². The summed E-state index contributed by atoms with van der Waals surface area (Å²) in [5, 5.41) is 12.1. The summed E-state index contributed by atoms with van der Waals surface area (Å²) in [5.41, 5.74) is 1.22. The van der Waals surface area contributed by atoms with Gasteiger partial charge in [0.15, 0.2) is 0 Å². The van der Waals surface area contributed by atoms with Gasteiger partial charge in [-0.05, 0) is 36.5 Å². The molecule has 0 saturated carbocycles. The highest BCUT2D eigenvalue weighted by molar-refractivity contribution is 5.27. The number of nitriles is 1. The molecule has 1 aromatic carbocycles. The number of hydrogen-bond acceptors (Lipinski definition) is 3. The lowest BCUT2D eigenvalue weighted by Gasteiger charge is -2.14. The first-order chi connectivity index (χ1) is 9.65. The van der Waals surface area contributed by atoms with Crippen LogP contribution in [0.15, 0.2) is 24.3 Å². The van der Waals surface area contributed by atoms with Crippen LogP contribution in [-0.2, 0) is 6.54 Å². The number of nitrogens with one attached hydrogen (secondary N) is 1. The van der Waals surface area contributed by atoms with Crippen molar-refractivity contribution in [3.8, 4) is 11.8 Å². The predicted molar refractivity (Wildman–Crippen MR) is 82.5 cm³/mol. The highest BCUT2D eigenvalue weighted by Crippen LogP contribution is 2.13. The van der Waals surface area contributed by atoms with E-state index in [-0.39, 0.29) is 6.04 Å². The summed E-state index contributed by atoms with van der Waals surface area (Å²) in [5.74, 6) is 1.60. The second-order valence-electron chi connectivity index (χ2n) is 5.52. The lowest BCUT2D eigenvalue weighted by atomic mass is 10.1. The van der Waals surface area contributed by atoms with Gasteiger partial charge in [0.05, 0.1) is 19.1 Å². The molecule has 0 aliphatic carbocycles. The Balaban J connectivity index is 2.36. The van der Waals surface area contributed by atoms with Crippen LogP contribution in [0.2, 0.25) is 0 Å². The number of ether oxygens (including phenoxy) is 1. The van der Waals surface area contributed by atoms with Crippen molar-refractivity contribution in [1.29, 1.82) is 5.26 Å². The molecular formula is C17H26N2O. The minimum atomic E-state index is 0.280. The molecule has 3 nitrogen and oxygen atoms in total. The van der Waals surface area contributed by atoms with Crippen molar-refractivity contribution < 1.29 is 4.74 Å². The van der Waals surface area contributed by atoms with Crippen LogP contribution in [0.25, 0.3) is 0 Å². The van der Waals surface area contributed by atoms with Crippen LogP contribution < -0.4 is 10.1 Å². The Morgan fingerprint density at radius 3 is 2.50 bits per heavy atom. The van der Waals surface area contributed by atoms with Crippen LogP contribution in [0.5, 0.6) is 5.75 Å². The van der Waals surface area contributed by atoms with Gasteiger partial charge in [0.25, 0.3) is 0 Å². The van der Waals surface area contributed by atoms with Gasteiger partial charge in [-0.15, -0.1) is 0 Å². The number of benzene rings is 1. The third-order valence-electron chi connectivity index (χ3n) is 3.31. The highest BCUT2D eigenvalue weighted by atomic mass is 16.5. The van der Waals surface area contributed by atoms with E-state index in [1.54, 1.807) is 0 Å². The standard InChI is InChI=1S/C17H26N2O/c1-4-16(9-11-18)19-13-15-5-7-17(8-6-15)20-12-10-14(2)3/h5-8,14,16,19H,4,9-10,12-13H2,1-3H3. The van der Waals surface area contributed by atoms with Gasteiger partial charge in [0, 0.05) is 12.6 Å². The number of rotatable bonds is 9. The van der Waals surface area contributed by atoms with Gasteiger partial charge >= 0.3 is 0 Å². The third kappa shape index (κ3) is 6.58. The smallest absolute Gasteiger partial charge is 0.119 e. The molecule has 0 bridgehead atoms. The summed E-state index contributed by atoms with van der Waals surface area (Å²) >= 11 is 0. The minimum Gasteiger partial charge on any atom is -0.494 e. The maximum atomic E-state index is 8.72. The van der Waals surface area contributed by atoms with Gasteiger partial charge in [-0.1, -0.05) is 32.9 Å². The van der Waals surface area contributed by atoms with Crippen LogP contribution in [0, 0.1) is 17.2 Å². The Morgan fingerprint density at radius 2 is 1.95 bits per heavy atom. The topological polar surface area (TPSA) is 45.0 Å². The molecule has 0 heterocycles. The zero-order chi connectivity index (χ0) is 14.8. The maximum Gasteiger partial charge on any atom is 0.119 e. The van der Waals surface area contributed by atoms with Gasteiger partial charge in [0.1, 0.15) is 5.75 Å². The highest BCUT2D eigenvalue weighted by Gasteiger charge is 2.04. The molecule has 0 aliphatic rings. The van der Waals surface area contributed by atoms with E-state index in [1.165, 1.54) is 5.56 Å². The monoisotopic (exact) mass is 274 g/mol. The molecule has 3 heteroatoms. The average Bonchev–Trinajstić information content (AvgIpc) is 2.44. The first-order valence-electron chi connectivity index (χ1n) is 7.47. The molecule has 0 radical (unpaired) electrons. The number of nitrogens with zero attached hydrogens (tertiary/aromatic N) is 1. The second kappa shape index (κ2) is 9.39. The van der Waals surface area contributed by atoms with Crippen molar-refractivity contribution in [3.63, 3.8) is 0 Å². The normalized spacial score (nSPS) is 12.2. The van der Waals surface area contributed by atoms with E-state index in [0.29, 0.717) is 12.3 Å². The Labute approximate surface area is 123 Å². The van der Waals surface area contributed by atoms with Gasteiger partial charge in [-0.2, -0.15) is 5.26 Å². The Morgan fingerprint density at radius 1 is 1.25 bits per heavy atom. The number of hydrogen-bond donors (Lipinski definition) is 1. The van der Waals surface area contributed by atoms with Crippen molar-refractivity contribution in [2.45, 2.75) is 52.6 Å². The lowest BCUT2D eigenvalue weighted by Crippen LogP contribution is -2.27. The van der Waals surface area contributed by atoms with Crippen molar-refractivity contribution >= 4 is 0 Å². The SMILES string of the molecule is CCC(CC#N)NCc1ccc(OCCC(C)C)cc1. The largest absolute Gasteiger partial charge is 0.494 e. The van der Waals surface area contributed by atoms with Crippen molar-refractivity contribution in [1.82, 2.24) is 5.32 Å². The lowest BCUT2D eigenvalue weighted by molar-refractivity contribution is 0.289. The first kappa shape index (κ1) is 16.5. The summed E-state index contributed by atoms with van der Waals surface area (Å²) in [7, 11) is 0. The van der Waals surface area contributed by atoms with Crippen molar-refractivity contribution in [2.75, 3.05) is 6.61 Å².